The van der Waals surface area contributed by atoms with Gasteiger partial charge in [-0.15, -0.1) is 0 Å². The smallest absolute Gasteiger partial charge is 0.142 e. The molecule has 0 bridgehead atoms. The topological polar surface area (TPSA) is 60.1 Å². The highest BCUT2D eigenvalue weighted by Gasteiger charge is 2.10. The molecular weight excluding hydrogens is 190 g/mol. The van der Waals surface area contributed by atoms with Gasteiger partial charge in [0.2, 0.25) is 0 Å². The van der Waals surface area contributed by atoms with Crippen LogP contribution in [0.15, 0.2) is 18.3 Å². The van der Waals surface area contributed by atoms with Gasteiger partial charge in [-0.05, 0) is 26.0 Å². The van der Waals surface area contributed by atoms with E-state index in [1.807, 2.05) is 30.9 Å². The van der Waals surface area contributed by atoms with E-state index in [4.69, 9.17) is 10.4 Å². The molecule has 1 rings (SSSR count). The molecule has 1 heterocycles. The van der Waals surface area contributed by atoms with Crippen LogP contribution in [-0.4, -0.2) is 29.3 Å². The van der Waals surface area contributed by atoms with E-state index < -0.39 is 0 Å². The van der Waals surface area contributed by atoms with Crippen molar-refractivity contribution in [2.75, 3.05) is 18.1 Å². The SMILES string of the molecule is CC(C)N(CCO)c1ccnc(C#N)c1. The van der Waals surface area contributed by atoms with Crippen LogP contribution in [0.2, 0.25) is 0 Å². The summed E-state index contributed by atoms with van der Waals surface area (Å²) in [6.45, 7) is 4.75. The van der Waals surface area contributed by atoms with Crippen molar-refractivity contribution >= 4 is 5.69 Å². The molecule has 0 saturated heterocycles. The van der Waals surface area contributed by atoms with Crippen molar-refractivity contribution in [2.24, 2.45) is 0 Å². The Balaban J connectivity index is 2.96. The van der Waals surface area contributed by atoms with Crippen LogP contribution in [0.1, 0.15) is 19.5 Å². The van der Waals surface area contributed by atoms with Crippen molar-refractivity contribution < 1.29 is 5.11 Å². The summed E-state index contributed by atoms with van der Waals surface area (Å²) in [5.41, 5.74) is 1.32. The maximum absolute atomic E-state index is 8.95. The minimum absolute atomic E-state index is 0.0996. The minimum atomic E-state index is 0.0996. The molecule has 15 heavy (non-hydrogen) atoms. The van der Waals surface area contributed by atoms with E-state index in [1.165, 1.54) is 0 Å². The fraction of sp³-hybridized carbons (Fsp3) is 0.455. The molecule has 0 aliphatic heterocycles. The van der Waals surface area contributed by atoms with Gasteiger partial charge in [0, 0.05) is 24.5 Å². The van der Waals surface area contributed by atoms with Gasteiger partial charge in [0.15, 0.2) is 0 Å². The molecular formula is C11H15N3O. The molecule has 0 aliphatic rings. The largest absolute Gasteiger partial charge is 0.395 e. The van der Waals surface area contributed by atoms with Crippen LogP contribution >= 0.6 is 0 Å². The van der Waals surface area contributed by atoms with Gasteiger partial charge >= 0.3 is 0 Å². The zero-order valence-electron chi connectivity index (χ0n) is 9.01. The first-order valence-electron chi connectivity index (χ1n) is 4.92. The van der Waals surface area contributed by atoms with Crippen molar-refractivity contribution in [1.82, 2.24) is 4.98 Å². The number of aliphatic hydroxyl groups is 1. The van der Waals surface area contributed by atoms with E-state index in [-0.39, 0.29) is 12.6 Å². The second-order valence-electron chi connectivity index (χ2n) is 3.52. The van der Waals surface area contributed by atoms with Gasteiger partial charge in [0.1, 0.15) is 11.8 Å². The summed E-state index contributed by atoms with van der Waals surface area (Å²) in [5.74, 6) is 0. The number of nitriles is 1. The van der Waals surface area contributed by atoms with Crippen molar-refractivity contribution in [3.8, 4) is 6.07 Å². The lowest BCUT2D eigenvalue weighted by Gasteiger charge is -2.28. The second-order valence-corrected chi connectivity index (χ2v) is 3.52. The molecule has 4 nitrogen and oxygen atoms in total. The van der Waals surface area contributed by atoms with E-state index in [1.54, 1.807) is 12.3 Å². The van der Waals surface area contributed by atoms with Gasteiger partial charge in [-0.25, -0.2) is 4.98 Å². The van der Waals surface area contributed by atoms with Crippen LogP contribution in [0.5, 0.6) is 0 Å². The number of aromatic nitrogens is 1. The van der Waals surface area contributed by atoms with Crippen LogP contribution in [0.4, 0.5) is 5.69 Å². The Morgan fingerprint density at radius 3 is 2.87 bits per heavy atom. The van der Waals surface area contributed by atoms with Crippen LogP contribution in [-0.2, 0) is 0 Å². The predicted molar refractivity (Wildman–Crippen MR) is 58.5 cm³/mol. The highest BCUT2D eigenvalue weighted by molar-refractivity contribution is 5.49. The average Bonchev–Trinajstić information content (AvgIpc) is 2.25. The lowest BCUT2D eigenvalue weighted by atomic mass is 10.2. The molecule has 0 spiro atoms. The number of hydrogen-bond acceptors (Lipinski definition) is 4. The summed E-state index contributed by atoms with van der Waals surface area (Å²) in [6.07, 6.45) is 1.61. The Morgan fingerprint density at radius 1 is 1.60 bits per heavy atom. The Hall–Kier alpha value is -1.60. The molecule has 0 aromatic carbocycles. The van der Waals surface area contributed by atoms with E-state index in [0.29, 0.717) is 12.2 Å². The van der Waals surface area contributed by atoms with Crippen molar-refractivity contribution in [3.05, 3.63) is 24.0 Å². The minimum Gasteiger partial charge on any atom is -0.395 e. The molecule has 0 amide bonds. The zero-order chi connectivity index (χ0) is 11.3. The summed E-state index contributed by atoms with van der Waals surface area (Å²) in [6, 6.07) is 5.86. The summed E-state index contributed by atoms with van der Waals surface area (Å²) < 4.78 is 0. The highest BCUT2D eigenvalue weighted by atomic mass is 16.3. The van der Waals surface area contributed by atoms with Gasteiger partial charge < -0.3 is 10.0 Å². The molecule has 1 aromatic rings. The van der Waals surface area contributed by atoms with Crippen molar-refractivity contribution in [3.63, 3.8) is 0 Å². The monoisotopic (exact) mass is 205 g/mol. The summed E-state index contributed by atoms with van der Waals surface area (Å²) in [5, 5.41) is 17.7. The fourth-order valence-corrected chi connectivity index (χ4v) is 1.45. The Morgan fingerprint density at radius 2 is 2.33 bits per heavy atom. The predicted octanol–water partition coefficient (Wildman–Crippen LogP) is 1.16. The van der Waals surface area contributed by atoms with Gasteiger partial charge in [0.05, 0.1) is 6.61 Å². The third kappa shape index (κ3) is 2.93. The van der Waals surface area contributed by atoms with Gasteiger partial charge in [-0.3, -0.25) is 0 Å². The number of nitrogens with zero attached hydrogens (tertiary/aromatic N) is 3. The Labute approximate surface area is 89.8 Å². The molecule has 0 fully saturated rings. The molecule has 0 radical (unpaired) electrons. The van der Waals surface area contributed by atoms with Crippen LogP contribution in [0.3, 0.4) is 0 Å². The molecule has 80 valence electrons. The van der Waals surface area contributed by atoms with Gasteiger partial charge in [-0.2, -0.15) is 5.26 Å². The first-order valence-corrected chi connectivity index (χ1v) is 4.92. The van der Waals surface area contributed by atoms with E-state index in [0.717, 1.165) is 5.69 Å². The highest BCUT2D eigenvalue weighted by Crippen LogP contribution is 2.16. The summed E-state index contributed by atoms with van der Waals surface area (Å²) in [7, 11) is 0. The molecule has 0 unspecified atom stereocenters. The number of hydrogen-bond donors (Lipinski definition) is 1. The molecule has 0 atom stereocenters. The van der Waals surface area contributed by atoms with Gasteiger partial charge in [-0.1, -0.05) is 0 Å². The molecule has 1 N–H and O–H groups in total. The second kappa shape index (κ2) is 5.32. The first-order chi connectivity index (χ1) is 7.19. The average molecular weight is 205 g/mol. The number of pyridine rings is 1. The lowest BCUT2D eigenvalue weighted by molar-refractivity contribution is 0.299. The molecule has 0 saturated carbocycles. The quantitative estimate of drug-likeness (QED) is 0.801. The van der Waals surface area contributed by atoms with E-state index >= 15 is 0 Å². The van der Waals surface area contributed by atoms with Crippen molar-refractivity contribution in [1.29, 1.82) is 5.26 Å². The van der Waals surface area contributed by atoms with Crippen LogP contribution in [0.25, 0.3) is 0 Å². The normalized spacial score (nSPS) is 10.1. The number of rotatable bonds is 4. The Kier molecular flexibility index (Phi) is 4.07. The summed E-state index contributed by atoms with van der Waals surface area (Å²) in [4.78, 5) is 5.94. The maximum atomic E-state index is 8.95. The van der Waals surface area contributed by atoms with E-state index in [2.05, 4.69) is 4.98 Å². The zero-order valence-corrected chi connectivity index (χ0v) is 9.01. The van der Waals surface area contributed by atoms with Crippen LogP contribution in [0, 0.1) is 11.3 Å². The Bertz CT molecular complexity index is 357. The molecule has 0 aliphatic carbocycles. The number of aliphatic hydroxyl groups excluding tert-OH is 1. The standard InChI is InChI=1S/C11H15N3O/c1-9(2)14(5-6-15)11-3-4-13-10(7-11)8-12/h3-4,7,9,15H,5-6H2,1-2H3. The summed E-state index contributed by atoms with van der Waals surface area (Å²) >= 11 is 0. The third-order valence-corrected chi connectivity index (χ3v) is 2.15. The third-order valence-electron chi connectivity index (χ3n) is 2.15. The van der Waals surface area contributed by atoms with Crippen molar-refractivity contribution in [2.45, 2.75) is 19.9 Å². The fourth-order valence-electron chi connectivity index (χ4n) is 1.45. The number of anilines is 1. The van der Waals surface area contributed by atoms with Gasteiger partial charge in [0.25, 0.3) is 0 Å². The first kappa shape index (κ1) is 11.5. The van der Waals surface area contributed by atoms with Crippen LogP contribution < -0.4 is 4.90 Å². The molecule has 4 heteroatoms. The maximum Gasteiger partial charge on any atom is 0.142 e. The molecule has 1 aromatic heterocycles. The lowest BCUT2D eigenvalue weighted by Crippen LogP contribution is -2.33. The van der Waals surface area contributed by atoms with E-state index in [9.17, 15) is 0 Å².